The molecule has 2 aromatic carbocycles. The van der Waals surface area contributed by atoms with Crippen molar-refractivity contribution >= 4 is 72.3 Å². The third kappa shape index (κ3) is 7.10. The van der Waals surface area contributed by atoms with Gasteiger partial charge in [0.2, 0.25) is 0 Å². The Bertz CT molecular complexity index is 594. The van der Waals surface area contributed by atoms with E-state index in [0.29, 0.717) is 13.2 Å². The molecule has 0 aliphatic rings. The summed E-state index contributed by atoms with van der Waals surface area (Å²) in [5.74, 6) is 0. The van der Waals surface area contributed by atoms with Gasteiger partial charge >= 0.3 is 8.56 Å². The van der Waals surface area contributed by atoms with Gasteiger partial charge in [-0.3, -0.25) is 0 Å². The molecule has 0 aliphatic heterocycles. The van der Waals surface area contributed by atoms with Gasteiger partial charge in [0, 0.05) is 17.9 Å². The van der Waals surface area contributed by atoms with Crippen molar-refractivity contribution in [2.24, 2.45) is 0 Å². The van der Waals surface area contributed by atoms with Crippen LogP contribution in [0, 0.1) is 0 Å². The maximum absolute atomic E-state index is 6.06. The van der Waals surface area contributed by atoms with Crippen LogP contribution in [0.1, 0.15) is 11.1 Å². The highest BCUT2D eigenvalue weighted by atomic mass is 79.9. The molecule has 7 heteroatoms. The maximum atomic E-state index is 6.06. The first-order valence-corrected chi connectivity index (χ1v) is 12.9. The van der Waals surface area contributed by atoms with E-state index in [0.717, 1.165) is 29.0 Å². The van der Waals surface area contributed by atoms with Crippen LogP contribution in [0.4, 0.5) is 0 Å². The van der Waals surface area contributed by atoms with Crippen LogP contribution in [0.5, 0.6) is 0 Å². The normalized spacial score (nSPS) is 11.7. The van der Waals surface area contributed by atoms with Gasteiger partial charge in [-0.15, -0.1) is 0 Å². The fourth-order valence-electron chi connectivity index (χ4n) is 1.94. The summed E-state index contributed by atoms with van der Waals surface area (Å²) in [6, 6.07) is 12.2. The van der Waals surface area contributed by atoms with Crippen LogP contribution in [0.25, 0.3) is 0 Å². The summed E-state index contributed by atoms with van der Waals surface area (Å²) in [5, 5.41) is 0. The van der Waals surface area contributed by atoms with Crippen LogP contribution < -0.4 is 0 Å². The molecule has 0 radical (unpaired) electrons. The zero-order chi connectivity index (χ0) is 17.0. The van der Waals surface area contributed by atoms with E-state index in [1.807, 2.05) is 12.1 Å². The van der Waals surface area contributed by atoms with E-state index in [2.05, 4.69) is 101 Å². The molecular formula is C16H16Br4O2Si. The average Bonchev–Trinajstić information content (AvgIpc) is 2.41. The van der Waals surface area contributed by atoms with Crippen molar-refractivity contribution in [1.82, 2.24) is 0 Å². The van der Waals surface area contributed by atoms with Crippen molar-refractivity contribution in [2.75, 3.05) is 0 Å². The van der Waals surface area contributed by atoms with E-state index in [-0.39, 0.29) is 0 Å². The Hall–Kier alpha value is 0.497. The Morgan fingerprint density at radius 3 is 1.26 bits per heavy atom. The van der Waals surface area contributed by atoms with E-state index >= 15 is 0 Å². The molecule has 0 heterocycles. The predicted octanol–water partition coefficient (Wildman–Crippen LogP) is 7.17. The summed E-state index contributed by atoms with van der Waals surface area (Å²) in [7, 11) is -2.20. The zero-order valence-electron chi connectivity index (χ0n) is 12.7. The quantitative estimate of drug-likeness (QED) is 0.334. The van der Waals surface area contributed by atoms with Gasteiger partial charge in [0.15, 0.2) is 0 Å². The summed E-state index contributed by atoms with van der Waals surface area (Å²) in [6.07, 6.45) is 0. The summed E-state index contributed by atoms with van der Waals surface area (Å²) >= 11 is 14.0. The second kappa shape index (κ2) is 8.74. The molecule has 2 rings (SSSR count). The Morgan fingerprint density at radius 2 is 0.957 bits per heavy atom. The first-order valence-electron chi connectivity index (χ1n) is 6.91. The molecule has 0 N–H and O–H groups in total. The van der Waals surface area contributed by atoms with E-state index < -0.39 is 8.56 Å². The summed E-state index contributed by atoms with van der Waals surface area (Å²) < 4.78 is 16.2. The molecule has 124 valence electrons. The third-order valence-electron chi connectivity index (χ3n) is 3.02. The number of benzene rings is 2. The highest BCUT2D eigenvalue weighted by Gasteiger charge is 2.25. The molecule has 23 heavy (non-hydrogen) atoms. The van der Waals surface area contributed by atoms with E-state index in [1.165, 1.54) is 0 Å². The lowest BCUT2D eigenvalue weighted by Gasteiger charge is -2.23. The molecule has 0 amide bonds. The zero-order valence-corrected chi connectivity index (χ0v) is 20.1. The topological polar surface area (TPSA) is 18.5 Å². The van der Waals surface area contributed by atoms with Crippen LogP contribution in [0.2, 0.25) is 13.1 Å². The summed E-state index contributed by atoms with van der Waals surface area (Å²) in [6.45, 7) is 5.21. The summed E-state index contributed by atoms with van der Waals surface area (Å²) in [5.41, 5.74) is 2.22. The lowest BCUT2D eigenvalue weighted by molar-refractivity contribution is 0.164. The first-order chi connectivity index (χ1) is 10.7. The molecule has 0 unspecified atom stereocenters. The lowest BCUT2D eigenvalue weighted by atomic mass is 10.2. The molecule has 0 saturated heterocycles. The van der Waals surface area contributed by atoms with Crippen molar-refractivity contribution in [3.05, 3.63) is 65.4 Å². The largest absolute Gasteiger partial charge is 0.390 e. The monoisotopic (exact) mass is 584 g/mol. The standard InChI is InChI=1S/C16H16Br4O2Si/c1-23(2,21-9-11-3-13(17)7-14(18)4-11)22-10-12-5-15(19)8-16(20)6-12/h3-8H,9-10H2,1-2H3. The number of rotatable bonds is 6. The van der Waals surface area contributed by atoms with Gasteiger partial charge < -0.3 is 8.85 Å². The molecule has 0 fully saturated rings. The minimum Gasteiger partial charge on any atom is -0.390 e. The van der Waals surface area contributed by atoms with Gasteiger partial charge in [0.25, 0.3) is 0 Å². The summed E-state index contributed by atoms with van der Waals surface area (Å²) in [4.78, 5) is 0. The fourth-order valence-corrected chi connectivity index (χ4v) is 5.83. The minimum absolute atomic E-state index is 0.541. The van der Waals surface area contributed by atoms with Crippen LogP contribution in [0.15, 0.2) is 54.3 Å². The van der Waals surface area contributed by atoms with Crippen LogP contribution in [-0.2, 0) is 22.1 Å². The molecule has 0 aliphatic carbocycles. The number of halogens is 4. The second-order valence-electron chi connectivity index (χ2n) is 5.53. The van der Waals surface area contributed by atoms with E-state index in [9.17, 15) is 0 Å². The van der Waals surface area contributed by atoms with Gasteiger partial charge in [0.1, 0.15) is 0 Å². The Kier molecular flexibility index (Phi) is 7.53. The number of hydrogen-bond donors (Lipinski definition) is 0. The second-order valence-corrected chi connectivity index (χ2v) is 12.6. The molecule has 0 spiro atoms. The molecule has 0 saturated carbocycles. The van der Waals surface area contributed by atoms with Crippen LogP contribution >= 0.6 is 63.7 Å². The highest BCUT2D eigenvalue weighted by molar-refractivity contribution is 9.11. The molecular weight excluding hydrogens is 572 g/mol. The minimum atomic E-state index is -2.20. The van der Waals surface area contributed by atoms with Gasteiger partial charge in [-0.25, -0.2) is 0 Å². The Morgan fingerprint density at radius 1 is 0.652 bits per heavy atom. The van der Waals surface area contributed by atoms with Crippen molar-refractivity contribution in [2.45, 2.75) is 26.3 Å². The van der Waals surface area contributed by atoms with E-state index in [1.54, 1.807) is 0 Å². The van der Waals surface area contributed by atoms with Gasteiger partial charge in [-0.05, 0) is 60.6 Å². The molecule has 0 aromatic heterocycles. The van der Waals surface area contributed by atoms with E-state index in [4.69, 9.17) is 8.85 Å². The Balaban J connectivity index is 1.93. The van der Waals surface area contributed by atoms with Gasteiger partial charge in [-0.2, -0.15) is 0 Å². The third-order valence-corrected chi connectivity index (χ3v) is 6.53. The molecule has 2 nitrogen and oxygen atoms in total. The lowest BCUT2D eigenvalue weighted by Crippen LogP contribution is -2.34. The molecule has 2 aromatic rings. The highest BCUT2D eigenvalue weighted by Crippen LogP contribution is 2.24. The van der Waals surface area contributed by atoms with Crippen molar-refractivity contribution in [3.8, 4) is 0 Å². The maximum Gasteiger partial charge on any atom is 0.332 e. The average molecular weight is 588 g/mol. The SMILES string of the molecule is C[Si](C)(OCc1cc(Br)cc(Br)c1)OCc1cc(Br)cc(Br)c1. The van der Waals surface area contributed by atoms with Crippen molar-refractivity contribution < 1.29 is 8.85 Å². The smallest absolute Gasteiger partial charge is 0.332 e. The van der Waals surface area contributed by atoms with Gasteiger partial charge in [0.05, 0.1) is 13.2 Å². The fraction of sp³-hybridized carbons (Fsp3) is 0.250. The number of hydrogen-bond acceptors (Lipinski definition) is 2. The van der Waals surface area contributed by atoms with Crippen LogP contribution in [0.3, 0.4) is 0 Å². The van der Waals surface area contributed by atoms with Gasteiger partial charge in [-0.1, -0.05) is 63.7 Å². The molecule has 0 bridgehead atoms. The Labute approximate surface area is 171 Å². The predicted molar refractivity (Wildman–Crippen MR) is 111 cm³/mol. The molecule has 0 atom stereocenters. The van der Waals surface area contributed by atoms with Crippen molar-refractivity contribution in [3.63, 3.8) is 0 Å². The van der Waals surface area contributed by atoms with Crippen LogP contribution in [-0.4, -0.2) is 8.56 Å². The first kappa shape index (κ1) is 19.8. The van der Waals surface area contributed by atoms with Crippen molar-refractivity contribution in [1.29, 1.82) is 0 Å².